The minimum absolute atomic E-state index is 0.337. The second-order valence-corrected chi connectivity index (χ2v) is 4.46. The van der Waals surface area contributed by atoms with Gasteiger partial charge in [-0.25, -0.2) is 4.98 Å². The quantitative estimate of drug-likeness (QED) is 0.714. The summed E-state index contributed by atoms with van der Waals surface area (Å²) in [5.74, 6) is 1.22. The van der Waals surface area contributed by atoms with Crippen molar-refractivity contribution < 1.29 is 0 Å². The molecule has 17 heavy (non-hydrogen) atoms. The highest BCUT2D eigenvalue weighted by molar-refractivity contribution is 5.45. The van der Waals surface area contributed by atoms with Gasteiger partial charge in [-0.1, -0.05) is 6.92 Å². The van der Waals surface area contributed by atoms with Gasteiger partial charge in [0.25, 0.3) is 0 Å². The maximum atomic E-state index is 5.60. The lowest BCUT2D eigenvalue weighted by Crippen LogP contribution is -2.24. The summed E-state index contributed by atoms with van der Waals surface area (Å²) in [7, 11) is 0. The lowest BCUT2D eigenvalue weighted by atomic mass is 10.1. The number of aryl methyl sites for hydroxylation is 1. The van der Waals surface area contributed by atoms with E-state index in [9.17, 15) is 0 Å². The number of nitrogens with zero attached hydrogens (tertiary/aromatic N) is 2. The van der Waals surface area contributed by atoms with E-state index >= 15 is 0 Å². The van der Waals surface area contributed by atoms with Crippen molar-refractivity contribution in [1.82, 2.24) is 15.3 Å². The topological polar surface area (TPSA) is 75.9 Å². The molecule has 2 heterocycles. The normalized spacial score (nSPS) is 19.5. The summed E-state index contributed by atoms with van der Waals surface area (Å²) in [6.45, 7) is 4.19. The van der Waals surface area contributed by atoms with Gasteiger partial charge in [-0.05, 0) is 32.2 Å². The molecule has 1 aromatic heterocycles. The number of nitrogens with two attached hydrogens (primary N) is 1. The molecule has 0 bridgehead atoms. The third kappa shape index (κ3) is 3.30. The van der Waals surface area contributed by atoms with Crippen LogP contribution < -0.4 is 16.4 Å². The Morgan fingerprint density at radius 3 is 3.18 bits per heavy atom. The van der Waals surface area contributed by atoms with Crippen molar-refractivity contribution in [2.24, 2.45) is 0 Å². The number of nitrogens with one attached hydrogen (secondary N) is 2. The molecule has 0 spiro atoms. The Bertz CT molecular complexity index is 360. The van der Waals surface area contributed by atoms with Crippen molar-refractivity contribution in [3.05, 3.63) is 11.8 Å². The average molecular weight is 235 g/mol. The molecular formula is C12H21N5. The molecule has 0 radical (unpaired) electrons. The van der Waals surface area contributed by atoms with E-state index in [1.807, 2.05) is 0 Å². The first-order valence-electron chi connectivity index (χ1n) is 6.38. The van der Waals surface area contributed by atoms with E-state index in [1.54, 1.807) is 6.20 Å². The summed E-state index contributed by atoms with van der Waals surface area (Å²) in [5.41, 5.74) is 6.73. The van der Waals surface area contributed by atoms with Gasteiger partial charge in [-0.2, -0.15) is 4.98 Å². The molecule has 4 N–H and O–H groups in total. The second kappa shape index (κ2) is 5.82. The maximum absolute atomic E-state index is 5.60. The summed E-state index contributed by atoms with van der Waals surface area (Å²) in [4.78, 5) is 8.25. The fourth-order valence-electron chi connectivity index (χ4n) is 2.20. The molecule has 2 rings (SSSR count). The Balaban J connectivity index is 1.86. The summed E-state index contributed by atoms with van der Waals surface area (Å²) in [6.07, 6.45) is 6.44. The first-order chi connectivity index (χ1) is 8.29. The monoisotopic (exact) mass is 235 g/mol. The number of rotatable bonds is 5. The van der Waals surface area contributed by atoms with Gasteiger partial charge in [0.15, 0.2) is 0 Å². The largest absolute Gasteiger partial charge is 0.370 e. The van der Waals surface area contributed by atoms with Gasteiger partial charge in [0.2, 0.25) is 5.95 Å². The van der Waals surface area contributed by atoms with Crippen LogP contribution in [0.25, 0.3) is 0 Å². The predicted molar refractivity (Wildman–Crippen MR) is 70.0 cm³/mol. The lowest BCUT2D eigenvalue weighted by Gasteiger charge is -2.13. The van der Waals surface area contributed by atoms with E-state index in [0.29, 0.717) is 12.0 Å². The average Bonchev–Trinajstić information content (AvgIpc) is 2.82. The molecule has 1 aromatic rings. The summed E-state index contributed by atoms with van der Waals surface area (Å²) in [6, 6.07) is 0.659. The number of hydrogen-bond donors (Lipinski definition) is 3. The lowest BCUT2D eigenvalue weighted by molar-refractivity contribution is 0.574. The van der Waals surface area contributed by atoms with Crippen LogP contribution in [-0.2, 0) is 6.42 Å². The molecule has 0 aromatic carbocycles. The fraction of sp³-hybridized carbons (Fsp3) is 0.667. The molecule has 1 atom stereocenters. The molecular weight excluding hydrogens is 214 g/mol. The van der Waals surface area contributed by atoms with Crippen molar-refractivity contribution in [1.29, 1.82) is 0 Å². The zero-order valence-electron chi connectivity index (χ0n) is 10.4. The van der Waals surface area contributed by atoms with Gasteiger partial charge in [0.1, 0.15) is 5.82 Å². The minimum atomic E-state index is 0.337. The Hall–Kier alpha value is -1.36. The van der Waals surface area contributed by atoms with Crippen LogP contribution in [0.2, 0.25) is 0 Å². The van der Waals surface area contributed by atoms with E-state index in [4.69, 9.17) is 5.73 Å². The van der Waals surface area contributed by atoms with Gasteiger partial charge in [-0.3, -0.25) is 0 Å². The van der Waals surface area contributed by atoms with Crippen LogP contribution in [0.3, 0.4) is 0 Å². The fourth-order valence-corrected chi connectivity index (χ4v) is 2.20. The highest BCUT2D eigenvalue weighted by Crippen LogP contribution is 2.14. The van der Waals surface area contributed by atoms with Gasteiger partial charge in [-0.15, -0.1) is 0 Å². The van der Waals surface area contributed by atoms with Crippen LogP contribution >= 0.6 is 0 Å². The number of aromatic nitrogens is 2. The third-order valence-corrected chi connectivity index (χ3v) is 3.21. The summed E-state index contributed by atoms with van der Waals surface area (Å²) in [5, 5.41) is 6.85. The van der Waals surface area contributed by atoms with Crippen LogP contribution in [0.4, 0.5) is 11.8 Å². The molecule has 1 fully saturated rings. The molecule has 1 saturated heterocycles. The molecule has 1 aliphatic heterocycles. The highest BCUT2D eigenvalue weighted by Gasteiger charge is 2.13. The van der Waals surface area contributed by atoms with Crippen molar-refractivity contribution in [2.45, 2.75) is 38.6 Å². The van der Waals surface area contributed by atoms with Crippen LogP contribution in [0.5, 0.6) is 0 Å². The van der Waals surface area contributed by atoms with Gasteiger partial charge >= 0.3 is 0 Å². The van der Waals surface area contributed by atoms with E-state index < -0.39 is 0 Å². The molecule has 1 aliphatic rings. The van der Waals surface area contributed by atoms with E-state index in [1.165, 1.54) is 12.8 Å². The van der Waals surface area contributed by atoms with Crippen molar-refractivity contribution >= 4 is 11.8 Å². The van der Waals surface area contributed by atoms with Gasteiger partial charge < -0.3 is 16.4 Å². The molecule has 0 aliphatic carbocycles. The Morgan fingerprint density at radius 2 is 2.47 bits per heavy atom. The van der Waals surface area contributed by atoms with Crippen LogP contribution in [0.15, 0.2) is 6.20 Å². The standard InChI is InChI=1S/C12H21N5/c1-2-9-8-16-12(13)17-11(9)15-7-5-10-4-3-6-14-10/h8,10,14H,2-7H2,1H3,(H3,13,15,16,17)/t10-/m0/s1. The zero-order chi connectivity index (χ0) is 12.1. The second-order valence-electron chi connectivity index (χ2n) is 4.46. The van der Waals surface area contributed by atoms with Crippen molar-refractivity contribution in [3.8, 4) is 0 Å². The summed E-state index contributed by atoms with van der Waals surface area (Å²) >= 11 is 0. The third-order valence-electron chi connectivity index (χ3n) is 3.21. The van der Waals surface area contributed by atoms with E-state index in [2.05, 4.69) is 27.5 Å². The SMILES string of the molecule is CCc1cnc(N)nc1NCC[C@@H]1CCCN1. The van der Waals surface area contributed by atoms with Crippen LogP contribution in [0, 0.1) is 0 Å². The van der Waals surface area contributed by atoms with E-state index in [-0.39, 0.29) is 0 Å². The first-order valence-corrected chi connectivity index (χ1v) is 6.38. The van der Waals surface area contributed by atoms with E-state index in [0.717, 1.165) is 37.3 Å². The molecule has 5 nitrogen and oxygen atoms in total. The smallest absolute Gasteiger partial charge is 0.221 e. The van der Waals surface area contributed by atoms with Crippen LogP contribution in [0.1, 0.15) is 31.7 Å². The zero-order valence-corrected chi connectivity index (χ0v) is 10.4. The Kier molecular flexibility index (Phi) is 4.14. The highest BCUT2D eigenvalue weighted by atomic mass is 15.1. The minimum Gasteiger partial charge on any atom is -0.370 e. The molecule has 94 valence electrons. The number of hydrogen-bond acceptors (Lipinski definition) is 5. The van der Waals surface area contributed by atoms with Crippen LogP contribution in [-0.4, -0.2) is 29.1 Å². The summed E-state index contributed by atoms with van der Waals surface area (Å²) < 4.78 is 0. The maximum Gasteiger partial charge on any atom is 0.221 e. The molecule has 5 heteroatoms. The van der Waals surface area contributed by atoms with Crippen molar-refractivity contribution in [3.63, 3.8) is 0 Å². The molecule has 0 unspecified atom stereocenters. The van der Waals surface area contributed by atoms with Crippen molar-refractivity contribution in [2.75, 3.05) is 24.1 Å². The van der Waals surface area contributed by atoms with Gasteiger partial charge in [0.05, 0.1) is 0 Å². The Labute approximate surface area is 102 Å². The number of nitrogen functional groups attached to an aromatic ring is 1. The number of anilines is 2. The Morgan fingerprint density at radius 1 is 1.59 bits per heavy atom. The predicted octanol–water partition coefficient (Wildman–Crippen LogP) is 1.18. The molecule has 0 saturated carbocycles. The first kappa shape index (κ1) is 12.1. The molecule has 0 amide bonds. The van der Waals surface area contributed by atoms with Gasteiger partial charge in [0, 0.05) is 24.3 Å².